The van der Waals surface area contributed by atoms with Gasteiger partial charge in [0.05, 0.1) is 10.6 Å². The zero-order chi connectivity index (χ0) is 14.8. The van der Waals surface area contributed by atoms with Gasteiger partial charge >= 0.3 is 0 Å². The van der Waals surface area contributed by atoms with Crippen molar-refractivity contribution in [3.05, 3.63) is 35.2 Å². The van der Waals surface area contributed by atoms with Crippen LogP contribution in [0.15, 0.2) is 28.7 Å². The summed E-state index contributed by atoms with van der Waals surface area (Å²) in [5, 5.41) is 0. The van der Waals surface area contributed by atoms with E-state index in [1.165, 1.54) is 11.6 Å². The molecule has 0 aliphatic heterocycles. The summed E-state index contributed by atoms with van der Waals surface area (Å²) >= 11 is 0. The molecule has 1 aliphatic rings. The molecule has 0 saturated heterocycles. The minimum atomic E-state index is -3.65. The Kier molecular flexibility index (Phi) is 4.45. The molecule has 1 aromatic rings. The smallest absolute Gasteiger partial charge is 0.240 e. The lowest BCUT2D eigenvalue weighted by molar-refractivity contribution is 0.579. The fourth-order valence-electron chi connectivity index (χ4n) is 2.35. The predicted octanol–water partition coefficient (Wildman–Crippen LogP) is 2.50. The van der Waals surface area contributed by atoms with Gasteiger partial charge in [0.25, 0.3) is 0 Å². The molecule has 0 atom stereocenters. The zero-order valence-corrected chi connectivity index (χ0v) is 12.3. The molecule has 1 aliphatic carbocycles. The Morgan fingerprint density at radius 2 is 2.15 bits per heavy atom. The maximum Gasteiger partial charge on any atom is 0.240 e. The molecule has 3 N–H and O–H groups in total. The van der Waals surface area contributed by atoms with Gasteiger partial charge < -0.3 is 5.73 Å². The normalized spacial score (nSPS) is 15.4. The molecule has 0 spiro atoms. The second-order valence-corrected chi connectivity index (χ2v) is 6.78. The summed E-state index contributed by atoms with van der Waals surface area (Å²) in [5.74, 6) is -0.599. The van der Waals surface area contributed by atoms with Crippen molar-refractivity contribution < 1.29 is 12.8 Å². The van der Waals surface area contributed by atoms with E-state index in [0.29, 0.717) is 12.1 Å². The van der Waals surface area contributed by atoms with Gasteiger partial charge in [-0.1, -0.05) is 11.6 Å². The van der Waals surface area contributed by atoms with Crippen molar-refractivity contribution in [2.45, 2.75) is 37.5 Å². The first-order valence-corrected chi connectivity index (χ1v) is 8.11. The summed E-state index contributed by atoms with van der Waals surface area (Å²) in [6.07, 6.45) is 6.15. The Hall–Kier alpha value is -1.40. The van der Waals surface area contributed by atoms with Crippen LogP contribution in [0.3, 0.4) is 0 Å². The monoisotopic (exact) mass is 298 g/mol. The highest BCUT2D eigenvalue weighted by atomic mass is 32.2. The predicted molar refractivity (Wildman–Crippen MR) is 77.3 cm³/mol. The summed E-state index contributed by atoms with van der Waals surface area (Å²) in [5.41, 5.74) is 6.93. The van der Waals surface area contributed by atoms with E-state index in [1.807, 2.05) is 0 Å². The van der Waals surface area contributed by atoms with Gasteiger partial charge in [0.2, 0.25) is 10.0 Å². The van der Waals surface area contributed by atoms with Crippen LogP contribution >= 0.6 is 0 Å². The van der Waals surface area contributed by atoms with Gasteiger partial charge in [-0.3, -0.25) is 0 Å². The van der Waals surface area contributed by atoms with E-state index in [9.17, 15) is 12.8 Å². The van der Waals surface area contributed by atoms with Gasteiger partial charge in [-0.05, 0) is 50.3 Å². The number of hydrogen-bond acceptors (Lipinski definition) is 3. The van der Waals surface area contributed by atoms with Gasteiger partial charge in [-0.2, -0.15) is 0 Å². The summed E-state index contributed by atoms with van der Waals surface area (Å²) in [7, 11) is -3.65. The number of nitrogens with one attached hydrogen (secondary N) is 1. The number of aryl methyl sites for hydroxylation is 1. The summed E-state index contributed by atoms with van der Waals surface area (Å²) in [6, 6.07) is 2.31. The third-order valence-electron chi connectivity index (χ3n) is 3.46. The molecule has 0 heterocycles. The van der Waals surface area contributed by atoms with Crippen molar-refractivity contribution in [2.24, 2.45) is 0 Å². The first-order valence-electron chi connectivity index (χ1n) is 6.63. The Balaban J connectivity index is 2.08. The minimum Gasteiger partial charge on any atom is -0.396 e. The van der Waals surface area contributed by atoms with E-state index in [-0.39, 0.29) is 10.6 Å². The molecule has 110 valence electrons. The second-order valence-electron chi connectivity index (χ2n) is 5.04. The minimum absolute atomic E-state index is 0.0387. The number of nitrogens with two attached hydrogens (primary N) is 1. The first-order chi connectivity index (χ1) is 9.40. The third kappa shape index (κ3) is 3.37. The fraction of sp³-hybridized carbons (Fsp3) is 0.429. The Morgan fingerprint density at radius 3 is 2.80 bits per heavy atom. The number of rotatable bonds is 5. The molecule has 0 saturated carbocycles. The van der Waals surface area contributed by atoms with Crippen LogP contribution in [0.25, 0.3) is 0 Å². The van der Waals surface area contributed by atoms with Crippen molar-refractivity contribution in [2.75, 3.05) is 12.3 Å². The molecule has 0 aromatic heterocycles. The topological polar surface area (TPSA) is 72.2 Å². The van der Waals surface area contributed by atoms with Gasteiger partial charge in [-0.25, -0.2) is 17.5 Å². The van der Waals surface area contributed by atoms with Crippen LogP contribution in [0.1, 0.15) is 31.2 Å². The molecule has 0 bridgehead atoms. The standard InChI is InChI=1S/C14H19FN2O2S/c1-10-8-12(15)13(16)9-14(10)20(18,19)17-7-6-11-4-2-3-5-11/h4,8-9,17H,2-3,5-7,16H2,1H3. The van der Waals surface area contributed by atoms with Crippen molar-refractivity contribution in [1.82, 2.24) is 4.72 Å². The molecule has 2 rings (SSSR count). The van der Waals surface area contributed by atoms with Crippen LogP contribution in [-0.4, -0.2) is 15.0 Å². The average Bonchev–Trinajstić information content (AvgIpc) is 2.86. The summed E-state index contributed by atoms with van der Waals surface area (Å²) in [6.45, 7) is 1.90. The number of nitrogen functional groups attached to an aromatic ring is 1. The zero-order valence-electron chi connectivity index (χ0n) is 11.4. The average molecular weight is 298 g/mol. The molecular formula is C14H19FN2O2S. The number of benzene rings is 1. The third-order valence-corrected chi connectivity index (χ3v) is 5.06. The Morgan fingerprint density at radius 1 is 1.40 bits per heavy atom. The van der Waals surface area contributed by atoms with Gasteiger partial charge in [0.15, 0.2) is 0 Å². The quantitative estimate of drug-likeness (QED) is 0.648. The van der Waals surface area contributed by atoms with E-state index >= 15 is 0 Å². The van der Waals surface area contributed by atoms with Crippen molar-refractivity contribution >= 4 is 15.7 Å². The van der Waals surface area contributed by atoms with Crippen LogP contribution in [0.5, 0.6) is 0 Å². The highest BCUT2D eigenvalue weighted by molar-refractivity contribution is 7.89. The van der Waals surface area contributed by atoms with Crippen LogP contribution in [0, 0.1) is 12.7 Å². The lowest BCUT2D eigenvalue weighted by atomic mass is 10.2. The second kappa shape index (κ2) is 5.93. The van der Waals surface area contributed by atoms with E-state index in [1.54, 1.807) is 6.92 Å². The highest BCUT2D eigenvalue weighted by Crippen LogP contribution is 2.22. The van der Waals surface area contributed by atoms with Crippen LogP contribution in [0.4, 0.5) is 10.1 Å². The maximum absolute atomic E-state index is 13.3. The van der Waals surface area contributed by atoms with Crippen LogP contribution in [-0.2, 0) is 10.0 Å². The Labute approximate surface area is 118 Å². The molecule has 0 radical (unpaired) electrons. The largest absolute Gasteiger partial charge is 0.396 e. The number of halogens is 1. The number of sulfonamides is 1. The van der Waals surface area contributed by atoms with E-state index in [2.05, 4.69) is 10.8 Å². The van der Waals surface area contributed by atoms with Crippen molar-refractivity contribution in [1.29, 1.82) is 0 Å². The van der Waals surface area contributed by atoms with Gasteiger partial charge in [0.1, 0.15) is 5.82 Å². The lowest BCUT2D eigenvalue weighted by Crippen LogP contribution is -2.26. The van der Waals surface area contributed by atoms with Crippen molar-refractivity contribution in [3.8, 4) is 0 Å². The van der Waals surface area contributed by atoms with Crippen LogP contribution in [0.2, 0.25) is 0 Å². The van der Waals surface area contributed by atoms with Crippen molar-refractivity contribution in [3.63, 3.8) is 0 Å². The molecule has 0 fully saturated rings. The van der Waals surface area contributed by atoms with Gasteiger partial charge in [-0.15, -0.1) is 0 Å². The first kappa shape index (κ1) is 15.0. The SMILES string of the molecule is Cc1cc(F)c(N)cc1S(=O)(=O)NCCC1=CCCC1. The molecular weight excluding hydrogens is 279 g/mol. The van der Waals surface area contributed by atoms with E-state index < -0.39 is 15.8 Å². The summed E-state index contributed by atoms with van der Waals surface area (Å²) in [4.78, 5) is 0.0387. The van der Waals surface area contributed by atoms with E-state index in [4.69, 9.17) is 5.73 Å². The molecule has 1 aromatic carbocycles. The molecule has 20 heavy (non-hydrogen) atoms. The fourth-order valence-corrected chi connectivity index (χ4v) is 3.64. The number of anilines is 1. The molecule has 4 nitrogen and oxygen atoms in total. The van der Waals surface area contributed by atoms with Crippen LogP contribution < -0.4 is 10.5 Å². The molecule has 6 heteroatoms. The number of hydrogen-bond donors (Lipinski definition) is 2. The Bertz CT molecular complexity index is 639. The lowest BCUT2D eigenvalue weighted by Gasteiger charge is -2.11. The summed E-state index contributed by atoms with van der Waals surface area (Å²) < 4.78 is 40.2. The van der Waals surface area contributed by atoms with Gasteiger partial charge in [0, 0.05) is 6.54 Å². The molecule has 0 unspecified atom stereocenters. The maximum atomic E-state index is 13.3. The number of allylic oxidation sites excluding steroid dienone is 1. The van der Waals surface area contributed by atoms with E-state index in [0.717, 1.165) is 31.7 Å². The highest BCUT2D eigenvalue weighted by Gasteiger charge is 2.18. The molecule has 0 amide bonds.